The first kappa shape index (κ1) is 13.1. The van der Waals surface area contributed by atoms with E-state index in [0.717, 1.165) is 24.2 Å². The van der Waals surface area contributed by atoms with Gasteiger partial charge < -0.3 is 5.11 Å². The van der Waals surface area contributed by atoms with E-state index in [-0.39, 0.29) is 6.10 Å². The molecule has 1 nitrogen and oxygen atoms in total. The predicted molar refractivity (Wildman–Crippen MR) is 72.7 cm³/mol. The van der Waals surface area contributed by atoms with Gasteiger partial charge in [-0.15, -0.1) is 0 Å². The summed E-state index contributed by atoms with van der Waals surface area (Å²) in [5, 5.41) is 9.85. The standard InChI is InChI=1S/C16H28O/c1-6-15(17)10(2)7-12-8-13-9-14(11(12)3)16(13,4)5/h7,11-15,17H,6,8-9H2,1-5H3. The van der Waals surface area contributed by atoms with E-state index in [2.05, 4.69) is 33.8 Å². The van der Waals surface area contributed by atoms with Gasteiger partial charge in [0.25, 0.3) is 0 Å². The fourth-order valence-corrected chi connectivity index (χ4v) is 4.18. The van der Waals surface area contributed by atoms with Gasteiger partial charge in [0, 0.05) is 0 Å². The fourth-order valence-electron chi connectivity index (χ4n) is 4.18. The fraction of sp³-hybridized carbons (Fsp3) is 0.875. The molecule has 3 aliphatic carbocycles. The first-order valence-electron chi connectivity index (χ1n) is 7.24. The molecule has 5 unspecified atom stereocenters. The second-order valence-electron chi connectivity index (χ2n) is 6.95. The van der Waals surface area contributed by atoms with Crippen LogP contribution in [0.2, 0.25) is 0 Å². The van der Waals surface area contributed by atoms with Crippen molar-refractivity contribution in [1.82, 2.24) is 0 Å². The second kappa shape index (κ2) is 4.42. The van der Waals surface area contributed by atoms with E-state index >= 15 is 0 Å². The zero-order valence-corrected chi connectivity index (χ0v) is 12.0. The highest BCUT2D eigenvalue weighted by molar-refractivity contribution is 5.13. The van der Waals surface area contributed by atoms with E-state index in [1.165, 1.54) is 18.4 Å². The molecule has 0 aromatic carbocycles. The largest absolute Gasteiger partial charge is 0.389 e. The zero-order valence-electron chi connectivity index (χ0n) is 12.0. The van der Waals surface area contributed by atoms with Gasteiger partial charge in [0.15, 0.2) is 0 Å². The Kier molecular flexibility index (Phi) is 3.42. The summed E-state index contributed by atoms with van der Waals surface area (Å²) in [6.45, 7) is 11.4. The van der Waals surface area contributed by atoms with Gasteiger partial charge in [-0.3, -0.25) is 0 Å². The molecule has 0 spiro atoms. The molecule has 0 heterocycles. The topological polar surface area (TPSA) is 20.2 Å². The molecule has 0 saturated heterocycles. The number of aliphatic hydroxyl groups excluding tert-OH is 1. The minimum Gasteiger partial charge on any atom is -0.389 e. The summed E-state index contributed by atoms with van der Waals surface area (Å²) in [6.07, 6.45) is 5.75. The minimum absolute atomic E-state index is 0.228. The maximum atomic E-state index is 9.85. The van der Waals surface area contributed by atoms with E-state index in [4.69, 9.17) is 0 Å². The van der Waals surface area contributed by atoms with E-state index < -0.39 is 0 Å². The third kappa shape index (κ3) is 2.07. The van der Waals surface area contributed by atoms with Crippen molar-refractivity contribution in [3.63, 3.8) is 0 Å². The number of hydrogen-bond donors (Lipinski definition) is 1. The van der Waals surface area contributed by atoms with Crippen molar-refractivity contribution in [1.29, 1.82) is 0 Å². The van der Waals surface area contributed by atoms with Gasteiger partial charge in [-0.25, -0.2) is 0 Å². The molecule has 3 fully saturated rings. The number of allylic oxidation sites excluding steroid dienone is 1. The zero-order chi connectivity index (χ0) is 12.8. The van der Waals surface area contributed by atoms with Crippen LogP contribution in [0.25, 0.3) is 0 Å². The Morgan fingerprint density at radius 3 is 2.53 bits per heavy atom. The van der Waals surface area contributed by atoms with Crippen molar-refractivity contribution < 1.29 is 5.11 Å². The molecule has 3 saturated carbocycles. The number of hydrogen-bond acceptors (Lipinski definition) is 1. The molecule has 0 aromatic heterocycles. The highest BCUT2D eigenvalue weighted by Crippen LogP contribution is 2.63. The minimum atomic E-state index is -0.228. The van der Waals surface area contributed by atoms with Gasteiger partial charge in [0.1, 0.15) is 0 Å². The van der Waals surface area contributed by atoms with Gasteiger partial charge in [0.05, 0.1) is 6.10 Å². The smallest absolute Gasteiger partial charge is 0.0744 e. The second-order valence-corrected chi connectivity index (χ2v) is 6.95. The normalized spacial score (nSPS) is 41.9. The van der Waals surface area contributed by atoms with Crippen LogP contribution in [0.5, 0.6) is 0 Å². The molecule has 3 rings (SSSR count). The molecule has 3 aliphatic rings. The van der Waals surface area contributed by atoms with Crippen molar-refractivity contribution in [3.8, 4) is 0 Å². The quantitative estimate of drug-likeness (QED) is 0.734. The lowest BCUT2D eigenvalue weighted by Crippen LogP contribution is -2.54. The van der Waals surface area contributed by atoms with Gasteiger partial charge in [-0.2, -0.15) is 0 Å². The summed E-state index contributed by atoms with van der Waals surface area (Å²) in [7, 11) is 0. The SMILES string of the molecule is CCC(O)C(C)=CC1CC2CC(C1C)C2(C)C. The molecular weight excluding hydrogens is 208 g/mol. The predicted octanol–water partition coefficient (Wildman–Crippen LogP) is 4.02. The molecule has 98 valence electrons. The molecule has 0 aliphatic heterocycles. The first-order chi connectivity index (χ1) is 7.87. The average molecular weight is 236 g/mol. The molecule has 5 atom stereocenters. The molecule has 0 aromatic rings. The summed E-state index contributed by atoms with van der Waals surface area (Å²) in [6, 6.07) is 0. The van der Waals surface area contributed by atoms with Crippen LogP contribution in [0.3, 0.4) is 0 Å². The van der Waals surface area contributed by atoms with Crippen molar-refractivity contribution in [2.45, 2.75) is 60.0 Å². The van der Waals surface area contributed by atoms with Gasteiger partial charge >= 0.3 is 0 Å². The lowest BCUT2D eigenvalue weighted by molar-refractivity contribution is -0.118. The van der Waals surface area contributed by atoms with Gasteiger partial charge in [-0.1, -0.05) is 33.8 Å². The lowest BCUT2D eigenvalue weighted by atomic mass is 9.43. The highest BCUT2D eigenvalue weighted by Gasteiger charge is 2.55. The highest BCUT2D eigenvalue weighted by atomic mass is 16.3. The van der Waals surface area contributed by atoms with Crippen molar-refractivity contribution in [3.05, 3.63) is 11.6 Å². The Labute approximate surface area is 106 Å². The number of rotatable bonds is 3. The summed E-state index contributed by atoms with van der Waals surface area (Å²) >= 11 is 0. The summed E-state index contributed by atoms with van der Waals surface area (Å²) in [5.41, 5.74) is 1.75. The van der Waals surface area contributed by atoms with Gasteiger partial charge in [0.2, 0.25) is 0 Å². The van der Waals surface area contributed by atoms with Crippen LogP contribution < -0.4 is 0 Å². The maximum absolute atomic E-state index is 9.85. The summed E-state index contributed by atoms with van der Waals surface area (Å²) < 4.78 is 0. The van der Waals surface area contributed by atoms with Crippen LogP contribution >= 0.6 is 0 Å². The Morgan fingerprint density at radius 2 is 2.06 bits per heavy atom. The molecule has 17 heavy (non-hydrogen) atoms. The van der Waals surface area contributed by atoms with Crippen LogP contribution in [0.4, 0.5) is 0 Å². The summed E-state index contributed by atoms with van der Waals surface area (Å²) in [4.78, 5) is 0. The lowest BCUT2D eigenvalue weighted by Gasteiger charge is -2.62. The third-order valence-electron chi connectivity index (χ3n) is 5.80. The van der Waals surface area contributed by atoms with Crippen LogP contribution in [-0.2, 0) is 0 Å². The molecular formula is C16H28O. The Balaban J connectivity index is 2.06. The maximum Gasteiger partial charge on any atom is 0.0744 e. The molecule has 2 bridgehead atoms. The van der Waals surface area contributed by atoms with Crippen molar-refractivity contribution >= 4 is 0 Å². The Bertz CT molecular complexity index is 315. The number of aliphatic hydroxyl groups is 1. The van der Waals surface area contributed by atoms with Crippen LogP contribution in [-0.4, -0.2) is 11.2 Å². The monoisotopic (exact) mass is 236 g/mol. The van der Waals surface area contributed by atoms with Crippen molar-refractivity contribution in [2.75, 3.05) is 0 Å². The van der Waals surface area contributed by atoms with Crippen LogP contribution in [0.15, 0.2) is 11.6 Å². The average Bonchev–Trinajstić information content (AvgIpc) is 2.29. The van der Waals surface area contributed by atoms with E-state index in [1.807, 2.05) is 6.92 Å². The Morgan fingerprint density at radius 1 is 1.41 bits per heavy atom. The van der Waals surface area contributed by atoms with E-state index in [0.29, 0.717) is 11.3 Å². The van der Waals surface area contributed by atoms with Crippen molar-refractivity contribution in [2.24, 2.45) is 29.1 Å². The number of fused-ring (bicyclic) bond motifs is 2. The Hall–Kier alpha value is -0.300. The van der Waals surface area contributed by atoms with E-state index in [9.17, 15) is 5.11 Å². The molecule has 1 N–H and O–H groups in total. The first-order valence-corrected chi connectivity index (χ1v) is 7.24. The van der Waals surface area contributed by atoms with Gasteiger partial charge in [-0.05, 0) is 60.8 Å². The van der Waals surface area contributed by atoms with Crippen LogP contribution in [0, 0.1) is 29.1 Å². The molecule has 1 heteroatoms. The molecule has 0 amide bonds. The third-order valence-corrected chi connectivity index (χ3v) is 5.80. The summed E-state index contributed by atoms with van der Waals surface area (Å²) in [5.74, 6) is 3.30. The van der Waals surface area contributed by atoms with E-state index in [1.54, 1.807) is 0 Å². The molecule has 0 radical (unpaired) electrons. The van der Waals surface area contributed by atoms with Crippen LogP contribution in [0.1, 0.15) is 53.9 Å².